The van der Waals surface area contributed by atoms with Gasteiger partial charge in [0.1, 0.15) is 29.0 Å². The molecule has 0 radical (unpaired) electrons. The van der Waals surface area contributed by atoms with Gasteiger partial charge in [-0.05, 0) is 48.9 Å². The molecule has 33 heavy (non-hydrogen) atoms. The van der Waals surface area contributed by atoms with E-state index in [4.69, 9.17) is 13.6 Å². The molecule has 1 atom stereocenters. The van der Waals surface area contributed by atoms with E-state index in [0.717, 1.165) is 5.56 Å². The van der Waals surface area contributed by atoms with E-state index in [9.17, 15) is 9.59 Å². The van der Waals surface area contributed by atoms with Crippen LogP contribution in [0.2, 0.25) is 0 Å². The zero-order valence-corrected chi connectivity index (χ0v) is 18.8. The third-order valence-electron chi connectivity index (χ3n) is 5.26. The van der Waals surface area contributed by atoms with E-state index < -0.39 is 0 Å². The van der Waals surface area contributed by atoms with Gasteiger partial charge < -0.3 is 23.8 Å². The molecular weight excluding hydrogens is 424 g/mol. The highest BCUT2D eigenvalue weighted by Crippen LogP contribution is 2.33. The van der Waals surface area contributed by atoms with E-state index in [-0.39, 0.29) is 31.0 Å². The Morgan fingerprint density at radius 3 is 2.67 bits per heavy atom. The fourth-order valence-electron chi connectivity index (χ4n) is 3.45. The van der Waals surface area contributed by atoms with Gasteiger partial charge in [0.15, 0.2) is 6.61 Å². The minimum absolute atomic E-state index is 0.0206. The maximum Gasteiger partial charge on any atom is 0.262 e. The van der Waals surface area contributed by atoms with Crippen LogP contribution in [-0.2, 0) is 9.59 Å². The topological polar surface area (TPSA) is 101 Å². The standard InChI is InChI=1S/C24H26N4O5/c1-16-8-9-17(22(12-16)33-15-24(30)27(2)3)25-14-23(29)28-19(21-7-5-11-32-21)13-18(26-28)20-6-4-10-31-20/h4-12,19,25H,13-15H2,1-3H3. The molecule has 3 aromatic rings. The number of likely N-dealkylation sites (N-methyl/N-ethyl adjacent to an activating group) is 1. The summed E-state index contributed by atoms with van der Waals surface area (Å²) in [5, 5.41) is 9.07. The SMILES string of the molecule is Cc1ccc(NCC(=O)N2N=C(c3ccco3)CC2c2ccco2)c(OCC(=O)N(C)C)c1. The van der Waals surface area contributed by atoms with E-state index in [1.807, 2.05) is 37.3 Å². The summed E-state index contributed by atoms with van der Waals surface area (Å²) in [7, 11) is 3.34. The van der Waals surface area contributed by atoms with Gasteiger partial charge in [-0.15, -0.1) is 0 Å². The summed E-state index contributed by atoms with van der Waals surface area (Å²) in [6, 6.07) is 12.4. The van der Waals surface area contributed by atoms with Crippen LogP contribution >= 0.6 is 0 Å². The first-order valence-corrected chi connectivity index (χ1v) is 10.6. The summed E-state index contributed by atoms with van der Waals surface area (Å²) in [6.07, 6.45) is 3.64. The smallest absolute Gasteiger partial charge is 0.262 e. The highest BCUT2D eigenvalue weighted by molar-refractivity contribution is 6.01. The number of benzene rings is 1. The number of carbonyl (C=O) groups is 2. The first-order valence-electron chi connectivity index (χ1n) is 10.6. The zero-order chi connectivity index (χ0) is 23.4. The maximum atomic E-state index is 13.2. The van der Waals surface area contributed by atoms with Crippen LogP contribution in [0.1, 0.15) is 29.5 Å². The molecular formula is C24H26N4O5. The molecule has 9 nitrogen and oxygen atoms in total. The van der Waals surface area contributed by atoms with Crippen molar-refractivity contribution >= 4 is 23.2 Å². The van der Waals surface area contributed by atoms with Crippen LogP contribution in [-0.4, -0.2) is 54.7 Å². The number of hydrazone groups is 1. The molecule has 4 rings (SSSR count). The average molecular weight is 450 g/mol. The van der Waals surface area contributed by atoms with Crippen molar-refractivity contribution < 1.29 is 23.2 Å². The number of nitrogens with one attached hydrogen (secondary N) is 1. The molecule has 2 aromatic heterocycles. The summed E-state index contributed by atoms with van der Waals surface area (Å²) in [5.74, 6) is 1.37. The Labute approximate surface area is 191 Å². The van der Waals surface area contributed by atoms with Crippen LogP contribution in [0, 0.1) is 6.92 Å². The molecule has 3 heterocycles. The molecule has 1 unspecified atom stereocenters. The predicted octanol–water partition coefficient (Wildman–Crippen LogP) is 3.44. The lowest BCUT2D eigenvalue weighted by atomic mass is 10.1. The molecule has 9 heteroatoms. The second-order valence-corrected chi connectivity index (χ2v) is 7.93. The fraction of sp³-hybridized carbons (Fsp3) is 0.292. The molecule has 172 valence electrons. The summed E-state index contributed by atoms with van der Waals surface area (Å²) in [5.41, 5.74) is 2.27. The van der Waals surface area contributed by atoms with Gasteiger partial charge in [-0.3, -0.25) is 9.59 Å². The van der Waals surface area contributed by atoms with Crippen molar-refractivity contribution in [3.63, 3.8) is 0 Å². The van der Waals surface area contributed by atoms with Gasteiger partial charge in [0, 0.05) is 20.5 Å². The van der Waals surface area contributed by atoms with Crippen molar-refractivity contribution in [1.82, 2.24) is 9.91 Å². The van der Waals surface area contributed by atoms with Crippen molar-refractivity contribution in [2.75, 3.05) is 32.6 Å². The van der Waals surface area contributed by atoms with Crippen molar-refractivity contribution in [3.05, 3.63) is 72.1 Å². The lowest BCUT2D eigenvalue weighted by Crippen LogP contribution is -2.32. The van der Waals surface area contributed by atoms with E-state index in [1.54, 1.807) is 38.8 Å². The van der Waals surface area contributed by atoms with Crippen LogP contribution in [0.15, 0.2) is 68.9 Å². The molecule has 0 saturated heterocycles. The number of nitrogens with zero attached hydrogens (tertiary/aromatic N) is 3. The highest BCUT2D eigenvalue weighted by Gasteiger charge is 2.35. The second kappa shape index (κ2) is 9.64. The summed E-state index contributed by atoms with van der Waals surface area (Å²) in [4.78, 5) is 26.5. The fourth-order valence-corrected chi connectivity index (χ4v) is 3.45. The van der Waals surface area contributed by atoms with Gasteiger partial charge in [-0.1, -0.05) is 6.07 Å². The summed E-state index contributed by atoms with van der Waals surface area (Å²) >= 11 is 0. The molecule has 0 saturated carbocycles. The Balaban J connectivity index is 1.48. The molecule has 1 aromatic carbocycles. The Hall–Kier alpha value is -4.01. The molecule has 0 bridgehead atoms. The van der Waals surface area contributed by atoms with E-state index in [2.05, 4.69) is 10.4 Å². The molecule has 0 spiro atoms. The van der Waals surface area contributed by atoms with Gasteiger partial charge in [-0.2, -0.15) is 5.10 Å². The molecule has 0 fully saturated rings. The first-order chi connectivity index (χ1) is 15.9. The second-order valence-electron chi connectivity index (χ2n) is 7.93. The average Bonchev–Trinajstić information content (AvgIpc) is 3.56. The lowest BCUT2D eigenvalue weighted by Gasteiger charge is -2.21. The summed E-state index contributed by atoms with van der Waals surface area (Å²) < 4.78 is 16.7. The van der Waals surface area contributed by atoms with E-state index >= 15 is 0 Å². The largest absolute Gasteiger partial charge is 0.482 e. The molecule has 2 amide bonds. The monoisotopic (exact) mass is 450 g/mol. The zero-order valence-electron chi connectivity index (χ0n) is 18.8. The van der Waals surface area contributed by atoms with Crippen LogP contribution < -0.4 is 10.1 Å². The lowest BCUT2D eigenvalue weighted by molar-refractivity contribution is -0.132. The van der Waals surface area contributed by atoms with Gasteiger partial charge in [0.25, 0.3) is 11.8 Å². The quantitative estimate of drug-likeness (QED) is 0.564. The van der Waals surface area contributed by atoms with Crippen LogP contribution in [0.3, 0.4) is 0 Å². The number of hydrogen-bond acceptors (Lipinski definition) is 7. The third-order valence-corrected chi connectivity index (χ3v) is 5.26. The van der Waals surface area contributed by atoms with E-state index in [0.29, 0.717) is 35.1 Å². The van der Waals surface area contributed by atoms with Gasteiger partial charge >= 0.3 is 0 Å². The van der Waals surface area contributed by atoms with E-state index in [1.165, 1.54) is 9.91 Å². The van der Waals surface area contributed by atoms with Crippen molar-refractivity contribution in [2.24, 2.45) is 5.10 Å². The molecule has 1 aliphatic heterocycles. The molecule has 1 aliphatic rings. The minimum atomic E-state index is -0.360. The number of carbonyl (C=O) groups excluding carboxylic acids is 2. The first kappa shape index (κ1) is 22.2. The maximum absolute atomic E-state index is 13.2. The Bertz CT molecular complexity index is 1140. The van der Waals surface area contributed by atoms with Crippen molar-refractivity contribution in [1.29, 1.82) is 0 Å². The van der Waals surface area contributed by atoms with Crippen LogP contribution in [0.25, 0.3) is 0 Å². The van der Waals surface area contributed by atoms with Crippen molar-refractivity contribution in [2.45, 2.75) is 19.4 Å². The number of rotatable bonds is 8. The highest BCUT2D eigenvalue weighted by atomic mass is 16.5. The third kappa shape index (κ3) is 5.08. The van der Waals surface area contributed by atoms with Gasteiger partial charge in [0.2, 0.25) is 0 Å². The normalized spacial score (nSPS) is 15.3. The number of ether oxygens (including phenoxy) is 1. The molecule has 1 N–H and O–H groups in total. The predicted molar refractivity (Wildman–Crippen MR) is 122 cm³/mol. The number of furan rings is 2. The van der Waals surface area contributed by atoms with Crippen molar-refractivity contribution in [3.8, 4) is 5.75 Å². The Kier molecular flexibility index (Phi) is 6.48. The number of aryl methyl sites for hydroxylation is 1. The van der Waals surface area contributed by atoms with Crippen LogP contribution in [0.5, 0.6) is 5.75 Å². The van der Waals surface area contributed by atoms with Crippen LogP contribution in [0.4, 0.5) is 5.69 Å². The summed E-state index contributed by atoms with van der Waals surface area (Å²) in [6.45, 7) is 1.81. The minimum Gasteiger partial charge on any atom is -0.482 e. The van der Waals surface area contributed by atoms with Gasteiger partial charge in [-0.25, -0.2) is 5.01 Å². The van der Waals surface area contributed by atoms with Gasteiger partial charge in [0.05, 0.1) is 24.8 Å². The Morgan fingerprint density at radius 1 is 1.18 bits per heavy atom. The number of hydrogen-bond donors (Lipinski definition) is 1. The Morgan fingerprint density at radius 2 is 1.97 bits per heavy atom. The number of anilines is 1. The molecule has 0 aliphatic carbocycles. The number of amides is 2.